The number of thiophene rings is 1. The van der Waals surface area contributed by atoms with E-state index in [1.165, 1.54) is 30.6 Å². The fourth-order valence-corrected chi connectivity index (χ4v) is 7.42. The first-order valence-corrected chi connectivity index (χ1v) is 16.0. The third-order valence-electron chi connectivity index (χ3n) is 8.67. The van der Waals surface area contributed by atoms with Gasteiger partial charge in [0.2, 0.25) is 5.91 Å². The van der Waals surface area contributed by atoms with E-state index >= 15 is 4.39 Å². The lowest BCUT2D eigenvalue weighted by Crippen LogP contribution is -2.46. The van der Waals surface area contributed by atoms with Gasteiger partial charge in [-0.2, -0.15) is 5.10 Å². The number of rotatable bonds is 8. The Balaban J connectivity index is 1.51. The zero-order valence-corrected chi connectivity index (χ0v) is 27.1. The molecule has 0 saturated carbocycles. The maximum absolute atomic E-state index is 16.1. The smallest absolute Gasteiger partial charge is 0.246 e. The highest BCUT2D eigenvalue weighted by atomic mass is 32.1. The summed E-state index contributed by atoms with van der Waals surface area (Å²) >= 11 is 1.42. The van der Waals surface area contributed by atoms with Gasteiger partial charge in [0.15, 0.2) is 0 Å². The van der Waals surface area contributed by atoms with E-state index in [2.05, 4.69) is 11.6 Å². The number of methoxy groups -OCH3 is 1. The fraction of sp³-hybridized carbons (Fsp3) is 0.257. The van der Waals surface area contributed by atoms with Gasteiger partial charge in [0, 0.05) is 65.9 Å². The number of aryl methyl sites for hydroxylation is 1. The minimum atomic E-state index is -0.788. The Morgan fingerprint density at radius 1 is 1.13 bits per heavy atom. The second-order valence-corrected chi connectivity index (χ2v) is 12.5. The molecule has 0 bridgehead atoms. The second kappa shape index (κ2) is 12.0. The molecule has 0 radical (unpaired) electrons. The number of carbonyl (C=O) groups excluding carboxylic acids is 1. The zero-order valence-electron chi connectivity index (χ0n) is 26.3. The number of nitrogens with zero attached hydrogens (tertiary/aromatic N) is 6. The molecule has 47 heavy (non-hydrogen) atoms. The predicted octanol–water partition coefficient (Wildman–Crippen LogP) is 7.16. The van der Waals surface area contributed by atoms with Crippen molar-refractivity contribution in [2.75, 3.05) is 20.3 Å². The highest BCUT2D eigenvalue weighted by Gasteiger charge is 2.34. The van der Waals surface area contributed by atoms with Gasteiger partial charge in [0.1, 0.15) is 35.4 Å². The van der Waals surface area contributed by atoms with Gasteiger partial charge in [-0.3, -0.25) is 14.5 Å². The summed E-state index contributed by atoms with van der Waals surface area (Å²) in [7, 11) is 3.48. The standard InChI is InChI=1S/C35H32F2N6O3S/c1-6-30(44)43-19(2)18-42-27(20(43)3)16-26(40-42)34-32(31-24(37)14-22(36)15-29(31)46-11-10-45-5)35-23(8-12-47-35)33(39-34)21-13-28-25(38-17-21)7-9-41(28)4/h6-9,12-17,19-20H,1,10-11,18H2,2-5H3/t19-,20+/m1/s1. The molecule has 0 aliphatic carbocycles. The lowest BCUT2D eigenvalue weighted by Gasteiger charge is -2.38. The van der Waals surface area contributed by atoms with Crippen molar-refractivity contribution in [1.82, 2.24) is 29.2 Å². The van der Waals surface area contributed by atoms with Crippen molar-refractivity contribution in [2.45, 2.75) is 32.5 Å². The highest BCUT2D eigenvalue weighted by Crippen LogP contribution is 2.47. The van der Waals surface area contributed by atoms with Crippen LogP contribution >= 0.6 is 11.3 Å². The fourth-order valence-electron chi connectivity index (χ4n) is 6.48. The average Bonchev–Trinajstić information content (AvgIpc) is 3.79. The predicted molar refractivity (Wildman–Crippen MR) is 178 cm³/mol. The van der Waals surface area contributed by atoms with Gasteiger partial charge in [-0.15, -0.1) is 11.3 Å². The number of aromatic nitrogens is 5. The van der Waals surface area contributed by atoms with Crippen LogP contribution in [-0.4, -0.2) is 61.5 Å². The summed E-state index contributed by atoms with van der Waals surface area (Å²) in [6.07, 6.45) is 5.05. The normalized spacial score (nSPS) is 16.2. The number of hydrogen-bond donors (Lipinski definition) is 0. The summed E-state index contributed by atoms with van der Waals surface area (Å²) in [6.45, 7) is 8.36. The van der Waals surface area contributed by atoms with E-state index in [1.807, 2.05) is 66.0 Å². The average molecular weight is 655 g/mol. The molecule has 1 amide bonds. The molecule has 1 aliphatic heterocycles. The Morgan fingerprint density at radius 2 is 1.96 bits per heavy atom. The third kappa shape index (κ3) is 5.17. The molecule has 0 saturated heterocycles. The summed E-state index contributed by atoms with van der Waals surface area (Å²) in [4.78, 5) is 24.5. The summed E-state index contributed by atoms with van der Waals surface area (Å²) in [5.41, 5.74) is 5.41. The Labute approximate surface area is 273 Å². The van der Waals surface area contributed by atoms with Crippen molar-refractivity contribution < 1.29 is 23.0 Å². The maximum atomic E-state index is 16.1. The molecule has 6 heterocycles. The number of benzene rings is 1. The maximum Gasteiger partial charge on any atom is 0.246 e. The molecule has 0 spiro atoms. The van der Waals surface area contributed by atoms with Crippen molar-refractivity contribution in [2.24, 2.45) is 7.05 Å². The molecular weight excluding hydrogens is 622 g/mol. The summed E-state index contributed by atoms with van der Waals surface area (Å²) in [5.74, 6) is -1.69. The first kappa shape index (κ1) is 30.7. The van der Waals surface area contributed by atoms with Crippen molar-refractivity contribution in [3.05, 3.63) is 84.2 Å². The molecule has 1 aliphatic rings. The summed E-state index contributed by atoms with van der Waals surface area (Å²) in [6, 6.07) is 9.39. The van der Waals surface area contributed by atoms with Crippen LogP contribution in [0.25, 0.3) is 54.9 Å². The molecule has 12 heteroatoms. The van der Waals surface area contributed by atoms with Gasteiger partial charge in [0.05, 0.1) is 47.2 Å². The molecule has 0 N–H and O–H groups in total. The summed E-state index contributed by atoms with van der Waals surface area (Å²) in [5, 5.41) is 7.68. The van der Waals surface area contributed by atoms with Gasteiger partial charge >= 0.3 is 0 Å². The van der Waals surface area contributed by atoms with Crippen LogP contribution in [0.15, 0.2) is 66.8 Å². The molecular formula is C35H32F2N6O3S. The molecule has 1 aromatic carbocycles. The van der Waals surface area contributed by atoms with E-state index in [9.17, 15) is 9.18 Å². The van der Waals surface area contributed by atoms with E-state index < -0.39 is 11.6 Å². The number of ether oxygens (including phenoxy) is 2. The third-order valence-corrected chi connectivity index (χ3v) is 9.60. The second-order valence-electron chi connectivity index (χ2n) is 11.6. The van der Waals surface area contributed by atoms with Crippen molar-refractivity contribution >= 4 is 38.4 Å². The van der Waals surface area contributed by atoms with Crippen molar-refractivity contribution in [1.29, 1.82) is 0 Å². The van der Waals surface area contributed by atoms with Crippen LogP contribution in [0.4, 0.5) is 8.78 Å². The van der Waals surface area contributed by atoms with Gasteiger partial charge in [-0.05, 0) is 49.6 Å². The topological polar surface area (TPSA) is 87.3 Å². The Bertz CT molecular complexity index is 2190. The van der Waals surface area contributed by atoms with Gasteiger partial charge in [-0.1, -0.05) is 6.58 Å². The van der Waals surface area contributed by atoms with Crippen LogP contribution < -0.4 is 4.74 Å². The molecule has 6 aromatic rings. The minimum absolute atomic E-state index is 0.0330. The van der Waals surface area contributed by atoms with Crippen LogP contribution in [0.3, 0.4) is 0 Å². The van der Waals surface area contributed by atoms with Crippen LogP contribution in [0.5, 0.6) is 5.75 Å². The quantitative estimate of drug-likeness (QED) is 0.128. The molecule has 5 aromatic heterocycles. The first-order chi connectivity index (χ1) is 22.7. The number of halogens is 2. The molecule has 0 fully saturated rings. The van der Waals surface area contributed by atoms with Gasteiger partial charge in [-0.25, -0.2) is 13.8 Å². The first-order valence-electron chi connectivity index (χ1n) is 15.2. The number of hydrogen-bond acceptors (Lipinski definition) is 7. The molecule has 7 rings (SSSR count). The molecule has 240 valence electrons. The zero-order chi connectivity index (χ0) is 33.0. The van der Waals surface area contributed by atoms with E-state index in [4.69, 9.17) is 19.6 Å². The largest absolute Gasteiger partial charge is 0.490 e. The van der Waals surface area contributed by atoms with Gasteiger partial charge < -0.3 is 18.9 Å². The number of carbonyl (C=O) groups is 1. The van der Waals surface area contributed by atoms with Crippen molar-refractivity contribution in [3.8, 4) is 39.5 Å². The van der Waals surface area contributed by atoms with E-state index in [0.717, 1.165) is 38.4 Å². The monoisotopic (exact) mass is 654 g/mol. The lowest BCUT2D eigenvalue weighted by atomic mass is 9.96. The lowest BCUT2D eigenvalue weighted by molar-refractivity contribution is -0.131. The van der Waals surface area contributed by atoms with E-state index in [1.54, 1.807) is 11.1 Å². The van der Waals surface area contributed by atoms with Crippen LogP contribution in [0, 0.1) is 11.6 Å². The Hall–Kier alpha value is -4.94. The Morgan fingerprint density at radius 3 is 2.74 bits per heavy atom. The van der Waals surface area contributed by atoms with Crippen LogP contribution in [-0.2, 0) is 23.1 Å². The molecule has 2 atom stereocenters. The number of amides is 1. The van der Waals surface area contributed by atoms with Crippen LogP contribution in [0.2, 0.25) is 0 Å². The SMILES string of the molecule is C=CC(=O)N1[C@H](C)Cn2nc(-c3nc(-c4cnc5ccn(C)c5c4)c4ccsc4c3-c3c(F)cc(F)cc3OCCOC)cc2[C@@H]1C. The Kier molecular flexibility index (Phi) is 7.85. The highest BCUT2D eigenvalue weighted by molar-refractivity contribution is 7.18. The molecule has 0 unspecified atom stereocenters. The minimum Gasteiger partial charge on any atom is -0.490 e. The number of pyridine rings is 2. The van der Waals surface area contributed by atoms with E-state index in [-0.39, 0.29) is 42.5 Å². The van der Waals surface area contributed by atoms with Crippen molar-refractivity contribution in [3.63, 3.8) is 0 Å². The van der Waals surface area contributed by atoms with Gasteiger partial charge in [0.25, 0.3) is 0 Å². The van der Waals surface area contributed by atoms with E-state index in [0.29, 0.717) is 29.2 Å². The van der Waals surface area contributed by atoms with Crippen LogP contribution in [0.1, 0.15) is 25.6 Å². The summed E-state index contributed by atoms with van der Waals surface area (Å²) < 4.78 is 46.4. The molecule has 9 nitrogen and oxygen atoms in total. The number of fused-ring (bicyclic) bond motifs is 3.